The standard InChI is InChI=1S/C14H22O5/c15-6-13(16)18-7-17-8-19-14-11-2-9-1-10(4-11)5-12(14)3-9/h9-12,14-15H,1-8H2. The van der Waals surface area contributed by atoms with Crippen LogP contribution < -0.4 is 0 Å². The molecular weight excluding hydrogens is 248 g/mol. The van der Waals surface area contributed by atoms with E-state index in [9.17, 15) is 4.79 Å². The van der Waals surface area contributed by atoms with Gasteiger partial charge in [0.2, 0.25) is 0 Å². The van der Waals surface area contributed by atoms with Crippen molar-refractivity contribution in [1.29, 1.82) is 0 Å². The first kappa shape index (κ1) is 13.3. The van der Waals surface area contributed by atoms with Gasteiger partial charge in [0, 0.05) is 0 Å². The molecule has 0 spiro atoms. The molecule has 0 amide bonds. The fourth-order valence-corrected chi connectivity index (χ4v) is 4.46. The van der Waals surface area contributed by atoms with Gasteiger partial charge in [-0.3, -0.25) is 0 Å². The third-order valence-corrected chi connectivity index (χ3v) is 4.92. The molecule has 4 rings (SSSR count). The molecule has 0 atom stereocenters. The van der Waals surface area contributed by atoms with E-state index >= 15 is 0 Å². The molecule has 4 aliphatic carbocycles. The highest BCUT2D eigenvalue weighted by atomic mass is 16.7. The summed E-state index contributed by atoms with van der Waals surface area (Å²) in [6.45, 7) is -0.585. The molecule has 0 aliphatic heterocycles. The van der Waals surface area contributed by atoms with Gasteiger partial charge in [0.1, 0.15) is 6.61 Å². The molecule has 4 aliphatic rings. The molecule has 0 saturated heterocycles. The first-order valence-corrected chi connectivity index (χ1v) is 7.22. The maximum Gasteiger partial charge on any atom is 0.333 e. The molecule has 0 aromatic carbocycles. The minimum Gasteiger partial charge on any atom is -0.437 e. The van der Waals surface area contributed by atoms with Crippen molar-refractivity contribution < 1.29 is 24.1 Å². The molecule has 19 heavy (non-hydrogen) atoms. The molecule has 0 aromatic heterocycles. The molecule has 0 unspecified atom stereocenters. The van der Waals surface area contributed by atoms with Crippen molar-refractivity contribution >= 4 is 5.97 Å². The zero-order chi connectivity index (χ0) is 13.2. The number of rotatable bonds is 6. The predicted molar refractivity (Wildman–Crippen MR) is 65.9 cm³/mol. The normalized spacial score (nSPS) is 39.5. The number of hydrogen-bond donors (Lipinski definition) is 1. The van der Waals surface area contributed by atoms with E-state index in [0.717, 1.165) is 11.8 Å². The molecule has 0 aromatic rings. The van der Waals surface area contributed by atoms with Crippen molar-refractivity contribution in [1.82, 2.24) is 0 Å². The SMILES string of the molecule is O=C(CO)OCOCOC1C2CC3CC(C2)CC1C3. The van der Waals surface area contributed by atoms with E-state index in [1.165, 1.54) is 32.1 Å². The fourth-order valence-electron chi connectivity index (χ4n) is 4.46. The van der Waals surface area contributed by atoms with Crippen molar-refractivity contribution in [2.24, 2.45) is 23.7 Å². The lowest BCUT2D eigenvalue weighted by Crippen LogP contribution is -2.49. The van der Waals surface area contributed by atoms with Gasteiger partial charge in [-0.2, -0.15) is 0 Å². The summed E-state index contributed by atoms with van der Waals surface area (Å²) in [6, 6.07) is 0. The quantitative estimate of drug-likeness (QED) is 0.447. The van der Waals surface area contributed by atoms with Crippen LogP contribution in [0.1, 0.15) is 32.1 Å². The van der Waals surface area contributed by atoms with Crippen LogP contribution in [0.25, 0.3) is 0 Å². The number of aliphatic hydroxyl groups excluding tert-OH is 1. The Kier molecular flexibility index (Phi) is 4.05. The van der Waals surface area contributed by atoms with E-state index in [2.05, 4.69) is 4.74 Å². The number of ether oxygens (including phenoxy) is 3. The summed E-state index contributed by atoms with van der Waals surface area (Å²) in [4.78, 5) is 10.7. The zero-order valence-electron chi connectivity index (χ0n) is 11.1. The lowest BCUT2D eigenvalue weighted by molar-refractivity contribution is -0.202. The minimum absolute atomic E-state index is 0.146. The van der Waals surface area contributed by atoms with Gasteiger partial charge in [-0.05, 0) is 55.8 Å². The number of aliphatic hydroxyl groups is 1. The lowest BCUT2D eigenvalue weighted by atomic mass is 9.55. The molecule has 1 N–H and O–H groups in total. The van der Waals surface area contributed by atoms with Gasteiger partial charge in [-0.25, -0.2) is 4.79 Å². The monoisotopic (exact) mass is 270 g/mol. The van der Waals surface area contributed by atoms with E-state index in [-0.39, 0.29) is 13.6 Å². The smallest absolute Gasteiger partial charge is 0.333 e. The molecule has 108 valence electrons. The fraction of sp³-hybridized carbons (Fsp3) is 0.929. The van der Waals surface area contributed by atoms with Crippen molar-refractivity contribution in [3.63, 3.8) is 0 Å². The first-order chi connectivity index (χ1) is 9.26. The van der Waals surface area contributed by atoms with Gasteiger partial charge in [0.25, 0.3) is 0 Å². The van der Waals surface area contributed by atoms with E-state index in [1.54, 1.807) is 0 Å². The number of hydrogen-bond acceptors (Lipinski definition) is 5. The van der Waals surface area contributed by atoms with Crippen LogP contribution in [0.5, 0.6) is 0 Å². The Morgan fingerprint density at radius 1 is 1.00 bits per heavy atom. The Balaban J connectivity index is 1.38. The van der Waals surface area contributed by atoms with Crippen molar-refractivity contribution in [2.45, 2.75) is 38.2 Å². The second kappa shape index (κ2) is 5.77. The highest BCUT2D eigenvalue weighted by molar-refractivity contribution is 5.70. The van der Waals surface area contributed by atoms with Crippen LogP contribution in [0.2, 0.25) is 0 Å². The van der Waals surface area contributed by atoms with Crippen LogP contribution in [0.4, 0.5) is 0 Å². The number of carbonyl (C=O) groups excluding carboxylic acids is 1. The second-order valence-corrected chi connectivity index (χ2v) is 6.18. The number of esters is 1. The number of carbonyl (C=O) groups is 1. The molecule has 0 radical (unpaired) electrons. The van der Waals surface area contributed by atoms with E-state index in [0.29, 0.717) is 17.9 Å². The Morgan fingerprint density at radius 2 is 1.63 bits per heavy atom. The van der Waals surface area contributed by atoms with Gasteiger partial charge in [0.05, 0.1) is 6.10 Å². The second-order valence-electron chi connectivity index (χ2n) is 6.18. The summed E-state index contributed by atoms with van der Waals surface area (Å²) in [5.74, 6) is 2.62. The van der Waals surface area contributed by atoms with Crippen LogP contribution >= 0.6 is 0 Å². The Hall–Kier alpha value is -0.650. The minimum atomic E-state index is -0.672. The van der Waals surface area contributed by atoms with E-state index in [4.69, 9.17) is 14.6 Å². The molecule has 0 heterocycles. The summed E-state index contributed by atoms with van der Waals surface area (Å²) in [5, 5.41) is 8.47. The summed E-state index contributed by atoms with van der Waals surface area (Å²) in [6.07, 6.45) is 7.04. The largest absolute Gasteiger partial charge is 0.437 e. The molecular formula is C14H22O5. The lowest BCUT2D eigenvalue weighted by Gasteiger charge is -2.53. The van der Waals surface area contributed by atoms with Crippen LogP contribution in [-0.2, 0) is 19.0 Å². The maximum atomic E-state index is 10.7. The topological polar surface area (TPSA) is 65.0 Å². The molecule has 4 fully saturated rings. The maximum absolute atomic E-state index is 10.7. The van der Waals surface area contributed by atoms with Crippen LogP contribution in [-0.4, -0.2) is 37.4 Å². The average Bonchev–Trinajstić information content (AvgIpc) is 2.40. The van der Waals surface area contributed by atoms with Crippen LogP contribution in [0, 0.1) is 23.7 Å². The summed E-state index contributed by atoms with van der Waals surface area (Å²) in [7, 11) is 0. The molecule has 5 heteroatoms. The van der Waals surface area contributed by atoms with Gasteiger partial charge < -0.3 is 19.3 Å². The Labute approximate surface area is 113 Å². The zero-order valence-corrected chi connectivity index (χ0v) is 11.1. The summed E-state index contributed by atoms with van der Waals surface area (Å²) in [5.41, 5.74) is 0. The van der Waals surface area contributed by atoms with E-state index < -0.39 is 12.6 Å². The van der Waals surface area contributed by atoms with Gasteiger partial charge in [-0.1, -0.05) is 0 Å². The van der Waals surface area contributed by atoms with Crippen molar-refractivity contribution in [2.75, 3.05) is 20.2 Å². The molecule has 4 saturated carbocycles. The van der Waals surface area contributed by atoms with Crippen molar-refractivity contribution in [3.05, 3.63) is 0 Å². The Bertz CT molecular complexity index is 302. The third kappa shape index (κ3) is 2.93. The summed E-state index contributed by atoms with van der Waals surface area (Å²) < 4.78 is 15.6. The molecule has 4 bridgehead atoms. The first-order valence-electron chi connectivity index (χ1n) is 7.22. The van der Waals surface area contributed by atoms with Gasteiger partial charge >= 0.3 is 5.97 Å². The van der Waals surface area contributed by atoms with Crippen LogP contribution in [0.15, 0.2) is 0 Å². The highest BCUT2D eigenvalue weighted by Crippen LogP contribution is 2.54. The van der Waals surface area contributed by atoms with Gasteiger partial charge in [-0.15, -0.1) is 0 Å². The van der Waals surface area contributed by atoms with Crippen LogP contribution in [0.3, 0.4) is 0 Å². The Morgan fingerprint density at radius 3 is 2.21 bits per heavy atom. The molecule has 5 nitrogen and oxygen atoms in total. The summed E-state index contributed by atoms with van der Waals surface area (Å²) >= 11 is 0. The van der Waals surface area contributed by atoms with Crippen molar-refractivity contribution in [3.8, 4) is 0 Å². The average molecular weight is 270 g/mol. The predicted octanol–water partition coefficient (Wildman–Crippen LogP) is 1.29. The van der Waals surface area contributed by atoms with Gasteiger partial charge in [0.15, 0.2) is 13.6 Å². The van der Waals surface area contributed by atoms with E-state index in [1.807, 2.05) is 0 Å². The third-order valence-electron chi connectivity index (χ3n) is 4.92. The highest BCUT2D eigenvalue weighted by Gasteiger charge is 2.48.